The molecule has 0 fully saturated rings. The molecule has 0 bridgehead atoms. The average Bonchev–Trinajstić information content (AvgIpc) is 2.50. The van der Waals surface area contributed by atoms with Gasteiger partial charge < -0.3 is 9.47 Å². The predicted octanol–water partition coefficient (Wildman–Crippen LogP) is 4.85. The van der Waals surface area contributed by atoms with E-state index < -0.39 is 11.1 Å². The minimum absolute atomic E-state index is 0.0550. The number of non-ortho nitro benzene ring substituents is 1. The number of carbonyl (C=O) groups excluding carboxylic acids is 1. The molecule has 0 aliphatic heterocycles. The lowest BCUT2D eigenvalue weighted by molar-refractivity contribution is -0.384. The van der Waals surface area contributed by atoms with Crippen molar-refractivity contribution in [3.8, 4) is 5.75 Å². The van der Waals surface area contributed by atoms with Crippen molar-refractivity contribution in [2.24, 2.45) is 0 Å². The third-order valence-corrected chi connectivity index (χ3v) is 3.56. The quantitative estimate of drug-likeness (QED) is 0.146. The lowest BCUT2D eigenvalue weighted by atomic mass is 10.1. The molecular formula is C15H20BrNO5. The van der Waals surface area contributed by atoms with Gasteiger partial charge in [0.25, 0.3) is 5.69 Å². The Balaban J connectivity index is 2.12. The van der Waals surface area contributed by atoms with Crippen LogP contribution in [-0.2, 0) is 4.74 Å². The molecule has 0 atom stereocenters. The molecule has 0 saturated heterocycles. The minimum Gasteiger partial charge on any atom is -0.434 e. The van der Waals surface area contributed by atoms with Crippen LogP contribution < -0.4 is 4.74 Å². The maximum absolute atomic E-state index is 11.4. The minimum atomic E-state index is -0.784. The summed E-state index contributed by atoms with van der Waals surface area (Å²) in [5.41, 5.74) is -0.0550. The third-order valence-electron chi connectivity index (χ3n) is 3.00. The molecule has 7 heteroatoms. The molecule has 0 aromatic heterocycles. The second kappa shape index (κ2) is 11.0. The molecule has 1 aromatic rings. The first kappa shape index (κ1) is 18.4. The number of ether oxygens (including phenoxy) is 2. The van der Waals surface area contributed by atoms with Gasteiger partial charge in [-0.1, -0.05) is 41.6 Å². The van der Waals surface area contributed by atoms with E-state index in [2.05, 4.69) is 15.9 Å². The summed E-state index contributed by atoms with van der Waals surface area (Å²) < 4.78 is 9.87. The second-order valence-electron chi connectivity index (χ2n) is 4.76. The smallest absolute Gasteiger partial charge is 0.434 e. The summed E-state index contributed by atoms with van der Waals surface area (Å²) in [5, 5.41) is 11.5. The topological polar surface area (TPSA) is 78.7 Å². The molecule has 0 unspecified atom stereocenters. The van der Waals surface area contributed by atoms with Gasteiger partial charge in [0, 0.05) is 17.5 Å². The molecule has 22 heavy (non-hydrogen) atoms. The van der Waals surface area contributed by atoms with Crippen LogP contribution >= 0.6 is 15.9 Å². The summed E-state index contributed by atoms with van der Waals surface area (Å²) >= 11 is 3.39. The fourth-order valence-electron chi connectivity index (χ4n) is 1.82. The van der Waals surface area contributed by atoms with Gasteiger partial charge in [0.1, 0.15) is 5.75 Å². The average molecular weight is 374 g/mol. The SMILES string of the molecule is O=C(OCCCCCCCCBr)Oc1ccc([N+](=O)[O-])cc1. The molecule has 122 valence electrons. The summed E-state index contributed by atoms with van der Waals surface area (Å²) in [6, 6.07) is 5.28. The Morgan fingerprint density at radius 1 is 1.05 bits per heavy atom. The Morgan fingerprint density at radius 2 is 1.64 bits per heavy atom. The van der Waals surface area contributed by atoms with Gasteiger partial charge in [0.2, 0.25) is 0 Å². The Labute approximate surface area is 138 Å². The fraction of sp³-hybridized carbons (Fsp3) is 0.533. The zero-order chi connectivity index (χ0) is 16.2. The Morgan fingerprint density at radius 3 is 2.23 bits per heavy atom. The number of unbranched alkanes of at least 4 members (excludes halogenated alkanes) is 5. The van der Waals surface area contributed by atoms with Crippen LogP contribution in [0.4, 0.5) is 10.5 Å². The van der Waals surface area contributed by atoms with Crippen molar-refractivity contribution in [3.05, 3.63) is 34.4 Å². The maximum atomic E-state index is 11.4. The van der Waals surface area contributed by atoms with Crippen LogP contribution in [0.2, 0.25) is 0 Å². The zero-order valence-corrected chi connectivity index (χ0v) is 13.9. The summed E-state index contributed by atoms with van der Waals surface area (Å²) in [7, 11) is 0. The zero-order valence-electron chi connectivity index (χ0n) is 12.3. The van der Waals surface area contributed by atoms with Gasteiger partial charge in [-0.25, -0.2) is 4.79 Å². The van der Waals surface area contributed by atoms with Crippen LogP contribution in [0, 0.1) is 10.1 Å². The van der Waals surface area contributed by atoms with Crippen LogP contribution in [0.25, 0.3) is 0 Å². The van der Waals surface area contributed by atoms with E-state index in [0.29, 0.717) is 6.61 Å². The first-order valence-corrected chi connectivity index (χ1v) is 8.40. The molecule has 0 N–H and O–H groups in total. The van der Waals surface area contributed by atoms with E-state index in [9.17, 15) is 14.9 Å². The van der Waals surface area contributed by atoms with Gasteiger partial charge in [-0.2, -0.15) is 0 Å². The number of rotatable bonds is 10. The number of nitrogens with zero attached hydrogens (tertiary/aromatic N) is 1. The number of halogens is 1. The Bertz CT molecular complexity index is 464. The lowest BCUT2D eigenvalue weighted by Gasteiger charge is -2.05. The van der Waals surface area contributed by atoms with Crippen molar-refractivity contribution in [3.63, 3.8) is 0 Å². The van der Waals surface area contributed by atoms with Crippen LogP contribution in [0.15, 0.2) is 24.3 Å². The number of alkyl halides is 1. The molecule has 0 spiro atoms. The van der Waals surface area contributed by atoms with E-state index in [0.717, 1.165) is 24.6 Å². The molecule has 6 nitrogen and oxygen atoms in total. The van der Waals surface area contributed by atoms with Crippen LogP contribution in [-0.4, -0.2) is 23.0 Å². The first-order valence-electron chi connectivity index (χ1n) is 7.28. The fourth-order valence-corrected chi connectivity index (χ4v) is 2.22. The van der Waals surface area contributed by atoms with Crippen molar-refractivity contribution in [1.29, 1.82) is 0 Å². The van der Waals surface area contributed by atoms with Gasteiger partial charge in [-0.3, -0.25) is 10.1 Å². The van der Waals surface area contributed by atoms with Gasteiger partial charge in [-0.15, -0.1) is 0 Å². The van der Waals surface area contributed by atoms with E-state index in [1.165, 1.54) is 43.5 Å². The number of hydrogen-bond donors (Lipinski definition) is 0. The first-order chi connectivity index (χ1) is 10.6. The largest absolute Gasteiger partial charge is 0.513 e. The van der Waals surface area contributed by atoms with Gasteiger partial charge in [-0.05, 0) is 25.0 Å². The predicted molar refractivity (Wildman–Crippen MR) is 86.6 cm³/mol. The maximum Gasteiger partial charge on any atom is 0.513 e. The molecular weight excluding hydrogens is 354 g/mol. The van der Waals surface area contributed by atoms with Crippen molar-refractivity contribution in [2.45, 2.75) is 38.5 Å². The lowest BCUT2D eigenvalue weighted by Crippen LogP contribution is -2.11. The number of hydrogen-bond acceptors (Lipinski definition) is 5. The number of nitro groups is 1. The number of nitro benzene ring substituents is 1. The number of carbonyl (C=O) groups is 1. The highest BCUT2D eigenvalue weighted by molar-refractivity contribution is 9.09. The van der Waals surface area contributed by atoms with Gasteiger partial charge in [0.05, 0.1) is 11.5 Å². The van der Waals surface area contributed by atoms with E-state index in [-0.39, 0.29) is 11.4 Å². The molecule has 1 rings (SSSR count). The van der Waals surface area contributed by atoms with Gasteiger partial charge in [0.15, 0.2) is 0 Å². The highest BCUT2D eigenvalue weighted by atomic mass is 79.9. The molecule has 0 radical (unpaired) electrons. The molecule has 1 aromatic carbocycles. The second-order valence-corrected chi connectivity index (χ2v) is 5.55. The molecule has 0 saturated carbocycles. The van der Waals surface area contributed by atoms with Gasteiger partial charge >= 0.3 is 6.16 Å². The van der Waals surface area contributed by atoms with Crippen molar-refractivity contribution in [1.82, 2.24) is 0 Å². The molecule has 0 aliphatic rings. The third kappa shape index (κ3) is 7.97. The van der Waals surface area contributed by atoms with Crippen molar-refractivity contribution >= 4 is 27.8 Å². The summed E-state index contributed by atoms with van der Waals surface area (Å²) in [5.74, 6) is 0.227. The highest BCUT2D eigenvalue weighted by Crippen LogP contribution is 2.17. The van der Waals surface area contributed by atoms with E-state index in [4.69, 9.17) is 9.47 Å². The number of benzene rings is 1. The molecule has 0 heterocycles. The highest BCUT2D eigenvalue weighted by Gasteiger charge is 2.08. The van der Waals surface area contributed by atoms with Crippen molar-refractivity contribution < 1.29 is 19.2 Å². The standard InChI is InChI=1S/C15H20BrNO5/c16-11-5-3-1-2-4-6-12-21-15(18)22-14-9-7-13(8-10-14)17(19)20/h7-10H,1-6,11-12H2. The van der Waals surface area contributed by atoms with E-state index in [1.54, 1.807) is 0 Å². The van der Waals surface area contributed by atoms with E-state index >= 15 is 0 Å². The Hall–Kier alpha value is -1.63. The molecule has 0 aliphatic carbocycles. The molecule has 0 amide bonds. The normalized spacial score (nSPS) is 10.2. The van der Waals surface area contributed by atoms with Crippen LogP contribution in [0.5, 0.6) is 5.75 Å². The van der Waals surface area contributed by atoms with E-state index in [1.807, 2.05) is 0 Å². The van der Waals surface area contributed by atoms with Crippen LogP contribution in [0.3, 0.4) is 0 Å². The summed E-state index contributed by atoms with van der Waals surface area (Å²) in [4.78, 5) is 21.4. The Kier molecular flexibility index (Phi) is 9.21. The summed E-state index contributed by atoms with van der Waals surface area (Å²) in [6.45, 7) is 0.324. The van der Waals surface area contributed by atoms with Crippen molar-refractivity contribution in [2.75, 3.05) is 11.9 Å². The monoisotopic (exact) mass is 373 g/mol. The summed E-state index contributed by atoms with van der Waals surface area (Å²) in [6.07, 6.45) is 5.78. The van der Waals surface area contributed by atoms with Crippen LogP contribution in [0.1, 0.15) is 38.5 Å².